The van der Waals surface area contributed by atoms with Crippen molar-refractivity contribution in [1.82, 2.24) is 0 Å². The lowest BCUT2D eigenvalue weighted by Crippen LogP contribution is -2.41. The van der Waals surface area contributed by atoms with E-state index in [-0.39, 0.29) is 11.3 Å². The summed E-state index contributed by atoms with van der Waals surface area (Å²) in [6.45, 7) is 7.03. The van der Waals surface area contributed by atoms with Crippen molar-refractivity contribution in [3.63, 3.8) is 0 Å². The summed E-state index contributed by atoms with van der Waals surface area (Å²) < 4.78 is 51.0. The molecule has 1 aromatic rings. The Kier molecular flexibility index (Phi) is 3.72. The van der Waals surface area contributed by atoms with Crippen LogP contribution in [-0.2, 0) is 15.7 Å². The fourth-order valence-electron chi connectivity index (χ4n) is 2.10. The first kappa shape index (κ1) is 16.4. The highest BCUT2D eigenvalue weighted by Gasteiger charge is 2.51. The zero-order chi connectivity index (χ0) is 16.2. The van der Waals surface area contributed by atoms with Gasteiger partial charge in [-0.15, -0.1) is 0 Å². The smallest absolute Gasteiger partial charge is 0.399 e. The molecule has 0 unspecified atom stereocenters. The summed E-state index contributed by atoms with van der Waals surface area (Å²) in [6.07, 6.45) is -5.79. The fraction of sp³-hybridized carbons (Fsp3) is 0.571. The average Bonchev–Trinajstić information content (AvgIpc) is 2.44. The molecule has 21 heavy (non-hydrogen) atoms. The molecule has 2 rings (SSSR count). The Morgan fingerprint density at radius 1 is 1.10 bits per heavy atom. The molecule has 1 heterocycles. The highest BCUT2D eigenvalue weighted by atomic mass is 35.5. The van der Waals surface area contributed by atoms with Gasteiger partial charge in [0.1, 0.15) is 0 Å². The third kappa shape index (κ3) is 2.84. The van der Waals surface area contributed by atoms with E-state index in [0.717, 1.165) is 6.07 Å². The Bertz CT molecular complexity index is 554. The maximum atomic E-state index is 13.2. The molecule has 7 heteroatoms. The second-order valence-corrected chi connectivity index (χ2v) is 6.46. The fourth-order valence-corrected chi connectivity index (χ4v) is 2.45. The second kappa shape index (κ2) is 4.76. The largest absolute Gasteiger partial charge is 0.418 e. The Hall–Kier alpha value is -0.980. The molecule has 0 aromatic heterocycles. The predicted molar refractivity (Wildman–Crippen MR) is 73.9 cm³/mol. The van der Waals surface area contributed by atoms with Crippen LogP contribution in [0, 0.1) is 0 Å². The predicted octanol–water partition coefficient (Wildman–Crippen LogP) is 4.54. The lowest BCUT2D eigenvalue weighted by Gasteiger charge is -2.30. The molecular weight excluding hydrogens is 307 g/mol. The monoisotopic (exact) mass is 323 g/mol. The van der Waals surface area contributed by atoms with E-state index in [0.29, 0.717) is 0 Å². The summed E-state index contributed by atoms with van der Waals surface area (Å²) in [6, 6.07) is 2.26. The van der Waals surface area contributed by atoms with Crippen molar-refractivity contribution in [3.8, 4) is 0 Å². The van der Waals surface area contributed by atoms with Crippen LogP contribution in [0.1, 0.15) is 45.1 Å². The van der Waals surface area contributed by atoms with Gasteiger partial charge in [0.05, 0.1) is 21.8 Å². The van der Waals surface area contributed by atoms with Gasteiger partial charge in [-0.25, -0.2) is 0 Å². The van der Waals surface area contributed by atoms with Crippen LogP contribution in [0.5, 0.6) is 0 Å². The quantitative estimate of drug-likeness (QED) is 0.771. The molecule has 0 saturated carbocycles. The van der Waals surface area contributed by atoms with Gasteiger partial charge in [-0.05, 0) is 39.8 Å². The summed E-state index contributed by atoms with van der Waals surface area (Å²) in [7, 11) is 0. The average molecular weight is 324 g/mol. The molecule has 118 valence electrons. The van der Waals surface area contributed by atoms with Crippen LogP contribution in [0.15, 0.2) is 12.1 Å². The number of benzene rings is 1. The van der Waals surface area contributed by atoms with Crippen molar-refractivity contribution in [2.24, 2.45) is 0 Å². The van der Waals surface area contributed by atoms with E-state index >= 15 is 0 Å². The van der Waals surface area contributed by atoms with Gasteiger partial charge in [-0.2, -0.15) is 13.2 Å². The van der Waals surface area contributed by atoms with E-state index in [1.807, 2.05) is 0 Å². The van der Waals surface area contributed by atoms with Crippen molar-refractivity contribution in [3.05, 3.63) is 28.3 Å². The van der Waals surface area contributed by atoms with Gasteiger partial charge in [0.2, 0.25) is 0 Å². The molecule has 0 aliphatic carbocycles. The number of anilines is 1. The maximum Gasteiger partial charge on any atom is 0.418 e. The lowest BCUT2D eigenvalue weighted by atomic mass is 9.90. The van der Waals surface area contributed by atoms with Crippen molar-refractivity contribution < 1.29 is 22.6 Å². The van der Waals surface area contributed by atoms with Crippen LogP contribution in [0.25, 0.3) is 0 Å². The van der Waals surface area contributed by atoms with E-state index in [2.05, 4.69) is 0 Å². The molecule has 0 spiro atoms. The number of rotatable bonds is 1. The van der Waals surface area contributed by atoms with Crippen LogP contribution in [0.3, 0.4) is 0 Å². The molecule has 0 bridgehead atoms. The zero-order valence-electron chi connectivity index (χ0n) is 12.1. The molecule has 1 aromatic carbocycles. The molecule has 1 aliphatic heterocycles. The number of hydrogen-bond acceptors (Lipinski definition) is 3. The summed E-state index contributed by atoms with van der Waals surface area (Å²) >= 11 is 5.73. The van der Waals surface area contributed by atoms with Gasteiger partial charge in [0, 0.05) is 11.3 Å². The number of halogens is 4. The zero-order valence-corrected chi connectivity index (χ0v) is 12.9. The first-order valence-corrected chi connectivity index (χ1v) is 6.75. The molecule has 0 amide bonds. The van der Waals surface area contributed by atoms with Gasteiger partial charge >= 0.3 is 6.18 Å². The topological polar surface area (TPSA) is 44.5 Å². The van der Waals surface area contributed by atoms with E-state index in [9.17, 15) is 13.2 Å². The molecule has 2 N–H and O–H groups in total. The van der Waals surface area contributed by atoms with E-state index in [1.54, 1.807) is 27.7 Å². The SMILES string of the molecule is CC1(C)OC(c2cc(N)cc(Cl)c2C(F)(F)F)OC1(C)C. The van der Waals surface area contributed by atoms with Crippen molar-refractivity contribution >= 4 is 17.3 Å². The van der Waals surface area contributed by atoms with Gasteiger partial charge < -0.3 is 15.2 Å². The van der Waals surface area contributed by atoms with Gasteiger partial charge in [0.25, 0.3) is 0 Å². The minimum Gasteiger partial charge on any atom is -0.399 e. The minimum atomic E-state index is -4.62. The molecule has 1 aliphatic rings. The summed E-state index contributed by atoms with van der Waals surface area (Å²) in [5.74, 6) is 0. The van der Waals surface area contributed by atoms with Crippen LogP contribution in [0.2, 0.25) is 5.02 Å². The van der Waals surface area contributed by atoms with E-state index < -0.39 is 34.3 Å². The highest BCUT2D eigenvalue weighted by Crippen LogP contribution is 2.49. The Morgan fingerprint density at radius 2 is 1.57 bits per heavy atom. The second-order valence-electron chi connectivity index (χ2n) is 6.05. The Morgan fingerprint density at radius 3 is 2.00 bits per heavy atom. The normalized spacial score (nSPS) is 21.7. The number of nitrogen functional groups attached to an aromatic ring is 1. The molecular formula is C14H17ClF3NO2. The number of alkyl halides is 3. The summed E-state index contributed by atoms with van der Waals surface area (Å²) in [5, 5.41) is -0.466. The molecule has 0 atom stereocenters. The maximum absolute atomic E-state index is 13.2. The molecule has 0 radical (unpaired) electrons. The number of hydrogen-bond donors (Lipinski definition) is 1. The van der Waals surface area contributed by atoms with Crippen molar-refractivity contribution in [2.75, 3.05) is 5.73 Å². The van der Waals surface area contributed by atoms with E-state index in [1.165, 1.54) is 6.07 Å². The van der Waals surface area contributed by atoms with Crippen LogP contribution in [0.4, 0.5) is 18.9 Å². The standard InChI is InChI=1S/C14H17ClF3NO2/c1-12(2)13(3,4)21-11(20-12)8-5-7(19)6-9(15)10(8)14(16,17)18/h5-6,11H,19H2,1-4H3. The molecule has 1 saturated heterocycles. The van der Waals surface area contributed by atoms with E-state index in [4.69, 9.17) is 26.8 Å². The molecule has 3 nitrogen and oxygen atoms in total. The van der Waals surface area contributed by atoms with Gasteiger partial charge in [0.15, 0.2) is 6.29 Å². The van der Waals surface area contributed by atoms with Gasteiger partial charge in [-0.3, -0.25) is 0 Å². The summed E-state index contributed by atoms with van der Waals surface area (Å²) in [4.78, 5) is 0. The van der Waals surface area contributed by atoms with Crippen LogP contribution in [-0.4, -0.2) is 11.2 Å². The Balaban J connectivity index is 2.56. The van der Waals surface area contributed by atoms with Crippen molar-refractivity contribution in [2.45, 2.75) is 51.4 Å². The highest BCUT2D eigenvalue weighted by molar-refractivity contribution is 6.31. The number of nitrogens with two attached hydrogens (primary N) is 1. The number of ether oxygens (including phenoxy) is 2. The van der Waals surface area contributed by atoms with Crippen LogP contribution >= 0.6 is 11.6 Å². The third-order valence-electron chi connectivity index (χ3n) is 3.93. The first-order valence-electron chi connectivity index (χ1n) is 6.37. The Labute approximate surface area is 126 Å². The van der Waals surface area contributed by atoms with Crippen LogP contribution < -0.4 is 5.73 Å². The first-order chi connectivity index (χ1) is 9.35. The van der Waals surface area contributed by atoms with Gasteiger partial charge in [-0.1, -0.05) is 11.6 Å². The summed E-state index contributed by atoms with van der Waals surface area (Å²) in [5.41, 5.74) is 3.05. The van der Waals surface area contributed by atoms with Crippen molar-refractivity contribution in [1.29, 1.82) is 0 Å². The third-order valence-corrected chi connectivity index (χ3v) is 4.23. The lowest BCUT2D eigenvalue weighted by molar-refractivity contribution is -0.145. The minimum absolute atomic E-state index is 0.123. The molecule has 1 fully saturated rings.